The van der Waals surface area contributed by atoms with Crippen LogP contribution in [0.5, 0.6) is 0 Å². The van der Waals surface area contributed by atoms with E-state index in [2.05, 4.69) is 66.8 Å². The smallest absolute Gasteiger partial charge is 0.0628 e. The number of aliphatic hydroxyl groups is 1. The van der Waals surface area contributed by atoms with Gasteiger partial charge in [-0.05, 0) is 45.5 Å². The first kappa shape index (κ1) is 17.3. The molecule has 1 aliphatic heterocycles. The predicted molar refractivity (Wildman–Crippen MR) is 93.5 cm³/mol. The molecule has 0 amide bonds. The molecule has 22 heavy (non-hydrogen) atoms. The third-order valence-corrected chi connectivity index (χ3v) is 5.01. The predicted octanol–water partition coefficient (Wildman–Crippen LogP) is 2.20. The van der Waals surface area contributed by atoms with Gasteiger partial charge in [0, 0.05) is 44.5 Å². The number of hydrogen-bond acceptors (Lipinski definition) is 4. The maximum Gasteiger partial charge on any atom is 0.0628 e. The topological polar surface area (TPSA) is 30.0 Å². The summed E-state index contributed by atoms with van der Waals surface area (Å²) in [5, 5.41) is 9.89. The van der Waals surface area contributed by atoms with Gasteiger partial charge in [0.1, 0.15) is 0 Å². The van der Waals surface area contributed by atoms with Crippen LogP contribution in [0.1, 0.15) is 32.4 Å². The highest BCUT2D eigenvalue weighted by molar-refractivity contribution is 5.47. The molecular formula is C18H31N3O. The second-order valence-electron chi connectivity index (χ2n) is 6.29. The maximum absolute atomic E-state index is 9.89. The molecule has 1 aliphatic rings. The first-order chi connectivity index (χ1) is 10.6. The van der Waals surface area contributed by atoms with E-state index in [9.17, 15) is 5.11 Å². The van der Waals surface area contributed by atoms with Gasteiger partial charge in [0.2, 0.25) is 0 Å². The molecule has 0 bridgehead atoms. The van der Waals surface area contributed by atoms with Gasteiger partial charge in [0.05, 0.1) is 12.6 Å². The highest BCUT2D eigenvalue weighted by Crippen LogP contribution is 2.25. The van der Waals surface area contributed by atoms with Crippen LogP contribution in [0, 0.1) is 0 Å². The van der Waals surface area contributed by atoms with Crippen LogP contribution in [-0.2, 0) is 0 Å². The van der Waals surface area contributed by atoms with Crippen LogP contribution in [-0.4, -0.2) is 67.3 Å². The van der Waals surface area contributed by atoms with Crippen molar-refractivity contribution in [2.45, 2.75) is 32.9 Å². The van der Waals surface area contributed by atoms with Gasteiger partial charge in [-0.15, -0.1) is 0 Å². The lowest BCUT2D eigenvalue weighted by atomic mass is 10.0. The van der Waals surface area contributed by atoms with E-state index in [1.165, 1.54) is 11.3 Å². The summed E-state index contributed by atoms with van der Waals surface area (Å²) < 4.78 is 0. The summed E-state index contributed by atoms with van der Waals surface area (Å²) in [5.41, 5.74) is 2.48. The zero-order valence-corrected chi connectivity index (χ0v) is 14.5. The highest BCUT2D eigenvalue weighted by Gasteiger charge is 2.27. The SMILES string of the molecule is CCN(CC)c1ccc(C(CO)N2CCN(C)C(C)C2)cc1. The first-order valence-electron chi connectivity index (χ1n) is 8.50. The summed E-state index contributed by atoms with van der Waals surface area (Å²) in [5.74, 6) is 0. The molecule has 0 saturated carbocycles. The van der Waals surface area contributed by atoms with Crippen molar-refractivity contribution in [1.82, 2.24) is 9.80 Å². The van der Waals surface area contributed by atoms with E-state index in [1.807, 2.05) is 0 Å². The number of aliphatic hydroxyl groups excluding tert-OH is 1. The van der Waals surface area contributed by atoms with Gasteiger partial charge in [0.15, 0.2) is 0 Å². The van der Waals surface area contributed by atoms with Gasteiger partial charge >= 0.3 is 0 Å². The van der Waals surface area contributed by atoms with E-state index in [-0.39, 0.29) is 12.6 Å². The zero-order valence-electron chi connectivity index (χ0n) is 14.5. The van der Waals surface area contributed by atoms with Crippen LogP contribution >= 0.6 is 0 Å². The van der Waals surface area contributed by atoms with Crippen molar-refractivity contribution in [3.8, 4) is 0 Å². The van der Waals surface area contributed by atoms with Crippen LogP contribution < -0.4 is 4.90 Å². The Morgan fingerprint density at radius 3 is 2.32 bits per heavy atom. The van der Waals surface area contributed by atoms with Crippen molar-refractivity contribution < 1.29 is 5.11 Å². The molecular weight excluding hydrogens is 274 g/mol. The quantitative estimate of drug-likeness (QED) is 0.873. The van der Waals surface area contributed by atoms with E-state index in [4.69, 9.17) is 0 Å². The number of likely N-dealkylation sites (N-methyl/N-ethyl adjacent to an activating group) is 1. The number of benzene rings is 1. The molecule has 0 radical (unpaired) electrons. The van der Waals surface area contributed by atoms with Crippen molar-refractivity contribution in [2.24, 2.45) is 0 Å². The lowest BCUT2D eigenvalue weighted by molar-refractivity contribution is 0.0464. The van der Waals surface area contributed by atoms with Crippen molar-refractivity contribution in [3.05, 3.63) is 29.8 Å². The van der Waals surface area contributed by atoms with Crippen LogP contribution in [0.15, 0.2) is 24.3 Å². The van der Waals surface area contributed by atoms with Gasteiger partial charge in [-0.1, -0.05) is 12.1 Å². The zero-order chi connectivity index (χ0) is 16.1. The van der Waals surface area contributed by atoms with Crippen LogP contribution in [0.25, 0.3) is 0 Å². The molecule has 1 saturated heterocycles. The Bertz CT molecular complexity index is 444. The Hall–Kier alpha value is -1.10. The molecule has 1 aromatic carbocycles. The monoisotopic (exact) mass is 305 g/mol. The number of rotatable bonds is 6. The summed E-state index contributed by atoms with van der Waals surface area (Å²) in [6.45, 7) is 11.9. The number of piperazine rings is 1. The average Bonchev–Trinajstić information content (AvgIpc) is 2.54. The molecule has 1 aromatic rings. The van der Waals surface area contributed by atoms with E-state index in [0.29, 0.717) is 6.04 Å². The van der Waals surface area contributed by atoms with Crippen molar-refractivity contribution in [2.75, 3.05) is 51.3 Å². The Morgan fingerprint density at radius 1 is 1.18 bits per heavy atom. The molecule has 4 heteroatoms. The van der Waals surface area contributed by atoms with Crippen molar-refractivity contribution >= 4 is 5.69 Å². The molecule has 1 fully saturated rings. The number of nitrogens with zero attached hydrogens (tertiary/aromatic N) is 3. The molecule has 0 spiro atoms. The Kier molecular flexibility index (Phi) is 6.24. The summed E-state index contributed by atoms with van der Waals surface area (Å²) in [7, 11) is 2.18. The first-order valence-corrected chi connectivity index (χ1v) is 8.50. The molecule has 2 rings (SSSR count). The lowest BCUT2D eigenvalue weighted by Gasteiger charge is -2.41. The summed E-state index contributed by atoms with van der Waals surface area (Å²) >= 11 is 0. The van der Waals surface area contributed by atoms with Gasteiger partial charge < -0.3 is 14.9 Å². The fourth-order valence-electron chi connectivity index (χ4n) is 3.29. The van der Waals surface area contributed by atoms with Crippen LogP contribution in [0.4, 0.5) is 5.69 Å². The van der Waals surface area contributed by atoms with Crippen molar-refractivity contribution in [1.29, 1.82) is 0 Å². The van der Waals surface area contributed by atoms with Crippen LogP contribution in [0.3, 0.4) is 0 Å². The van der Waals surface area contributed by atoms with E-state index in [1.54, 1.807) is 0 Å². The molecule has 0 aromatic heterocycles. The number of hydrogen-bond donors (Lipinski definition) is 1. The fourth-order valence-corrected chi connectivity index (χ4v) is 3.29. The third-order valence-electron chi connectivity index (χ3n) is 5.01. The summed E-state index contributed by atoms with van der Waals surface area (Å²) in [6.07, 6.45) is 0. The molecule has 4 nitrogen and oxygen atoms in total. The molecule has 1 N–H and O–H groups in total. The normalized spacial score (nSPS) is 21.8. The standard InChI is InChI=1S/C18H31N3O/c1-5-20(6-2)17-9-7-16(8-10-17)18(14-22)21-12-11-19(4)15(3)13-21/h7-10,15,18,22H,5-6,11-14H2,1-4H3. The Labute approximate surface area is 135 Å². The van der Waals surface area contributed by atoms with Crippen molar-refractivity contribution in [3.63, 3.8) is 0 Å². The van der Waals surface area contributed by atoms with E-state index < -0.39 is 0 Å². The van der Waals surface area contributed by atoms with Crippen LogP contribution in [0.2, 0.25) is 0 Å². The summed E-state index contributed by atoms with van der Waals surface area (Å²) in [4.78, 5) is 7.14. The fraction of sp³-hybridized carbons (Fsp3) is 0.667. The minimum absolute atomic E-state index is 0.113. The van der Waals surface area contributed by atoms with E-state index in [0.717, 1.165) is 32.7 Å². The van der Waals surface area contributed by atoms with E-state index >= 15 is 0 Å². The molecule has 124 valence electrons. The largest absolute Gasteiger partial charge is 0.394 e. The molecule has 1 heterocycles. The van der Waals surface area contributed by atoms with Gasteiger partial charge in [-0.2, -0.15) is 0 Å². The van der Waals surface area contributed by atoms with Gasteiger partial charge in [-0.3, -0.25) is 4.90 Å². The Balaban J connectivity index is 2.11. The summed E-state index contributed by atoms with van der Waals surface area (Å²) in [6, 6.07) is 9.38. The molecule has 2 unspecified atom stereocenters. The highest BCUT2D eigenvalue weighted by atomic mass is 16.3. The molecule has 0 aliphatic carbocycles. The Morgan fingerprint density at radius 2 is 1.82 bits per heavy atom. The minimum atomic E-state index is 0.113. The second-order valence-corrected chi connectivity index (χ2v) is 6.29. The maximum atomic E-state index is 9.89. The van der Waals surface area contributed by atoms with Gasteiger partial charge in [0.25, 0.3) is 0 Å². The minimum Gasteiger partial charge on any atom is -0.394 e. The molecule has 2 atom stereocenters. The third kappa shape index (κ3) is 3.80. The lowest BCUT2D eigenvalue weighted by Crippen LogP contribution is -2.51. The number of anilines is 1. The van der Waals surface area contributed by atoms with Gasteiger partial charge in [-0.25, -0.2) is 0 Å². The second kappa shape index (κ2) is 7.95. The average molecular weight is 305 g/mol.